The molecule has 0 aromatic carbocycles. The van der Waals surface area contributed by atoms with Gasteiger partial charge in [-0.3, -0.25) is 4.78 Å². The van der Waals surface area contributed by atoms with Crippen molar-refractivity contribution in [3.8, 4) is 0 Å². The second kappa shape index (κ2) is 3.15. The fourth-order valence-electron chi connectivity index (χ4n) is 0.989. The number of hydrogen-bond donors (Lipinski definition) is 1. The van der Waals surface area contributed by atoms with Crippen LogP contribution < -0.4 is 0 Å². The predicted molar refractivity (Wildman–Crippen MR) is 50.6 cm³/mol. The molecule has 1 atom stereocenters. The van der Waals surface area contributed by atoms with Crippen LogP contribution in [0.5, 0.6) is 0 Å². The fourth-order valence-corrected chi connectivity index (χ4v) is 2.47. The number of nitrogens with one attached hydrogen (secondary N) is 1. The summed E-state index contributed by atoms with van der Waals surface area (Å²) in [6.45, 7) is 0. The summed E-state index contributed by atoms with van der Waals surface area (Å²) >= 11 is 5.64. The molecule has 1 aromatic heterocycles. The molecule has 64 valence electrons. The Kier molecular flexibility index (Phi) is 2.15. The highest BCUT2D eigenvalue weighted by Gasteiger charge is 2.26. The summed E-state index contributed by atoms with van der Waals surface area (Å²) in [7, 11) is -0.353. The number of pyridine rings is 1. The Morgan fingerprint density at radius 3 is 2.75 bits per heavy atom. The van der Waals surface area contributed by atoms with Gasteiger partial charge in [-0.1, -0.05) is 22.3 Å². The lowest BCUT2D eigenvalue weighted by atomic mass is 10.5. The van der Waals surface area contributed by atoms with Gasteiger partial charge in [-0.2, -0.15) is 0 Å². The Balaban J connectivity index is 2.22. The minimum Gasteiger partial charge on any atom is -0.275 e. The molecule has 1 heterocycles. The molecule has 1 fully saturated rings. The van der Waals surface area contributed by atoms with E-state index in [2.05, 4.69) is 4.98 Å². The van der Waals surface area contributed by atoms with E-state index >= 15 is 0 Å². The van der Waals surface area contributed by atoms with Crippen molar-refractivity contribution in [3.63, 3.8) is 0 Å². The standard InChI is InChI=1S/C8H9ClN2S/c9-8-4-3-7(5-11-8)12(10)6-1-2-6/h3-6,10H,1-2H2. The lowest BCUT2D eigenvalue weighted by Crippen LogP contribution is -1.95. The van der Waals surface area contributed by atoms with E-state index in [0.29, 0.717) is 10.4 Å². The van der Waals surface area contributed by atoms with Gasteiger partial charge in [0, 0.05) is 16.3 Å². The maximum absolute atomic E-state index is 7.85. The lowest BCUT2D eigenvalue weighted by molar-refractivity contribution is 1.22. The Morgan fingerprint density at radius 1 is 1.50 bits per heavy atom. The van der Waals surface area contributed by atoms with E-state index < -0.39 is 0 Å². The van der Waals surface area contributed by atoms with Crippen LogP contribution in [-0.2, 0) is 10.7 Å². The number of nitrogens with zero attached hydrogens (tertiary/aromatic N) is 1. The van der Waals surface area contributed by atoms with Crippen LogP contribution in [0.3, 0.4) is 0 Å². The number of hydrogen-bond acceptors (Lipinski definition) is 2. The van der Waals surface area contributed by atoms with Gasteiger partial charge in [-0.05, 0) is 25.0 Å². The van der Waals surface area contributed by atoms with E-state index in [-0.39, 0.29) is 10.7 Å². The van der Waals surface area contributed by atoms with Gasteiger partial charge in [-0.15, -0.1) is 0 Å². The number of rotatable bonds is 2. The fraction of sp³-hybridized carbons (Fsp3) is 0.375. The number of aromatic nitrogens is 1. The zero-order chi connectivity index (χ0) is 8.55. The molecule has 1 aliphatic carbocycles. The van der Waals surface area contributed by atoms with Crippen LogP contribution in [0.2, 0.25) is 5.15 Å². The molecule has 1 N–H and O–H groups in total. The summed E-state index contributed by atoms with van der Waals surface area (Å²) in [6, 6.07) is 3.66. The van der Waals surface area contributed by atoms with Crippen LogP contribution in [0.1, 0.15) is 12.8 Å². The molecule has 0 bridgehead atoms. The summed E-state index contributed by atoms with van der Waals surface area (Å²) in [5.41, 5.74) is 0. The first-order valence-corrected chi connectivity index (χ1v) is 5.50. The molecule has 2 rings (SSSR count). The van der Waals surface area contributed by atoms with Crippen LogP contribution in [0.4, 0.5) is 0 Å². The smallest absolute Gasteiger partial charge is 0.129 e. The average molecular weight is 201 g/mol. The molecule has 1 aliphatic rings. The molecule has 0 aliphatic heterocycles. The van der Waals surface area contributed by atoms with E-state index in [1.54, 1.807) is 12.3 Å². The highest BCUT2D eigenvalue weighted by Crippen LogP contribution is 2.30. The molecular formula is C8H9ClN2S. The van der Waals surface area contributed by atoms with Gasteiger partial charge in [0.25, 0.3) is 0 Å². The van der Waals surface area contributed by atoms with Gasteiger partial charge >= 0.3 is 0 Å². The second-order valence-electron chi connectivity index (χ2n) is 2.85. The molecule has 0 spiro atoms. The van der Waals surface area contributed by atoms with Crippen molar-refractivity contribution in [2.75, 3.05) is 0 Å². The van der Waals surface area contributed by atoms with Crippen molar-refractivity contribution in [2.24, 2.45) is 0 Å². The summed E-state index contributed by atoms with van der Waals surface area (Å²) < 4.78 is 7.85. The third-order valence-electron chi connectivity index (χ3n) is 1.81. The predicted octanol–water partition coefficient (Wildman–Crippen LogP) is 2.64. The van der Waals surface area contributed by atoms with E-state index in [9.17, 15) is 0 Å². The van der Waals surface area contributed by atoms with Crippen molar-refractivity contribution in [3.05, 3.63) is 23.5 Å². The summed E-state index contributed by atoms with van der Waals surface area (Å²) in [5, 5.41) is 1.10. The zero-order valence-electron chi connectivity index (χ0n) is 6.46. The van der Waals surface area contributed by atoms with Crippen molar-refractivity contribution in [1.82, 2.24) is 4.98 Å². The van der Waals surface area contributed by atoms with Crippen LogP contribution in [-0.4, -0.2) is 10.2 Å². The van der Waals surface area contributed by atoms with Crippen molar-refractivity contribution in [2.45, 2.75) is 23.0 Å². The minimum atomic E-state index is -0.353. The first-order valence-electron chi connectivity index (χ1n) is 3.83. The van der Waals surface area contributed by atoms with E-state index in [4.69, 9.17) is 16.4 Å². The van der Waals surface area contributed by atoms with Crippen LogP contribution >= 0.6 is 11.6 Å². The largest absolute Gasteiger partial charge is 0.275 e. The quantitative estimate of drug-likeness (QED) is 0.733. The van der Waals surface area contributed by atoms with Crippen LogP contribution in [0.25, 0.3) is 0 Å². The Morgan fingerprint density at radius 2 is 2.25 bits per heavy atom. The molecule has 0 radical (unpaired) electrons. The molecule has 12 heavy (non-hydrogen) atoms. The zero-order valence-corrected chi connectivity index (χ0v) is 8.03. The van der Waals surface area contributed by atoms with Gasteiger partial charge < -0.3 is 0 Å². The van der Waals surface area contributed by atoms with Crippen molar-refractivity contribution in [1.29, 1.82) is 4.78 Å². The highest BCUT2D eigenvalue weighted by molar-refractivity contribution is 7.87. The van der Waals surface area contributed by atoms with Gasteiger partial charge in [0.2, 0.25) is 0 Å². The highest BCUT2D eigenvalue weighted by atomic mass is 35.5. The Bertz CT molecular complexity index is 305. The Hall–Kier alpha value is -0.410. The molecule has 2 nitrogen and oxygen atoms in total. The summed E-state index contributed by atoms with van der Waals surface area (Å²) in [4.78, 5) is 4.98. The van der Waals surface area contributed by atoms with E-state index in [0.717, 1.165) is 4.90 Å². The van der Waals surface area contributed by atoms with Gasteiger partial charge in [-0.25, -0.2) is 4.98 Å². The summed E-state index contributed by atoms with van der Waals surface area (Å²) in [6.07, 6.45) is 4.13. The first kappa shape index (κ1) is 8.20. The normalized spacial score (nSPS) is 19.1. The van der Waals surface area contributed by atoms with Gasteiger partial charge in [0.15, 0.2) is 0 Å². The average Bonchev–Trinajstić information content (AvgIpc) is 2.87. The van der Waals surface area contributed by atoms with Crippen molar-refractivity contribution >= 4 is 22.3 Å². The monoisotopic (exact) mass is 200 g/mol. The van der Waals surface area contributed by atoms with Crippen molar-refractivity contribution < 1.29 is 0 Å². The minimum absolute atomic E-state index is 0.353. The van der Waals surface area contributed by atoms with E-state index in [1.165, 1.54) is 12.8 Å². The molecule has 1 unspecified atom stereocenters. The maximum Gasteiger partial charge on any atom is 0.129 e. The third-order valence-corrected chi connectivity index (χ3v) is 3.92. The second-order valence-corrected chi connectivity index (χ2v) is 5.05. The van der Waals surface area contributed by atoms with Gasteiger partial charge in [0.1, 0.15) is 5.15 Å². The molecule has 0 saturated heterocycles. The van der Waals surface area contributed by atoms with E-state index in [1.807, 2.05) is 6.07 Å². The Labute approximate surface area is 78.9 Å². The van der Waals surface area contributed by atoms with Crippen LogP contribution in [0, 0.1) is 4.78 Å². The lowest BCUT2D eigenvalue weighted by Gasteiger charge is -2.01. The maximum atomic E-state index is 7.85. The summed E-state index contributed by atoms with van der Waals surface area (Å²) in [5.74, 6) is 0. The van der Waals surface area contributed by atoms with Crippen LogP contribution in [0.15, 0.2) is 23.2 Å². The first-order chi connectivity index (χ1) is 5.77. The number of halogens is 1. The molecule has 0 amide bonds. The molecule has 4 heteroatoms. The molecular weight excluding hydrogens is 192 g/mol. The topological polar surface area (TPSA) is 36.7 Å². The molecule has 1 saturated carbocycles. The third kappa shape index (κ3) is 1.67. The SMILES string of the molecule is N=S(c1ccc(Cl)nc1)C1CC1. The molecule has 1 aromatic rings. The van der Waals surface area contributed by atoms with Gasteiger partial charge in [0.05, 0.1) is 0 Å².